The summed E-state index contributed by atoms with van der Waals surface area (Å²) in [5.41, 5.74) is 1.75. The molecule has 1 aromatic carbocycles. The lowest BCUT2D eigenvalue weighted by molar-refractivity contribution is -0.127. The number of benzene rings is 1. The highest BCUT2D eigenvalue weighted by atomic mass is 19.1. The van der Waals surface area contributed by atoms with E-state index in [1.165, 1.54) is 12.1 Å². The number of nitrogens with zero attached hydrogens (tertiary/aromatic N) is 1. The molecule has 3 rings (SSSR count). The normalized spacial score (nSPS) is 18.4. The van der Waals surface area contributed by atoms with Crippen molar-refractivity contribution in [3.63, 3.8) is 0 Å². The van der Waals surface area contributed by atoms with Crippen molar-refractivity contribution < 1.29 is 14.0 Å². The third-order valence-electron chi connectivity index (χ3n) is 4.26. The SMILES string of the molecule is O=C(NCCc1ccc(F)cc1)C1CC1C(=O)NCc1ccccn1. The van der Waals surface area contributed by atoms with E-state index in [0.717, 1.165) is 11.3 Å². The van der Waals surface area contributed by atoms with E-state index in [2.05, 4.69) is 15.6 Å². The topological polar surface area (TPSA) is 71.1 Å². The zero-order valence-electron chi connectivity index (χ0n) is 13.7. The number of hydrogen-bond donors (Lipinski definition) is 2. The minimum Gasteiger partial charge on any atom is -0.356 e. The maximum atomic E-state index is 12.8. The molecule has 1 aromatic heterocycles. The standard InChI is InChI=1S/C19H20FN3O2/c20-14-6-4-13(5-7-14)8-10-22-18(24)16-11-17(16)19(25)23-12-15-3-1-2-9-21-15/h1-7,9,16-17H,8,10-12H2,(H,22,24)(H,23,25). The number of hydrogen-bond acceptors (Lipinski definition) is 3. The predicted molar refractivity (Wildman–Crippen MR) is 90.8 cm³/mol. The molecule has 1 fully saturated rings. The Kier molecular flexibility index (Phi) is 5.38. The minimum absolute atomic E-state index is 0.0971. The summed E-state index contributed by atoms with van der Waals surface area (Å²) in [6, 6.07) is 11.7. The smallest absolute Gasteiger partial charge is 0.224 e. The lowest BCUT2D eigenvalue weighted by Crippen LogP contribution is -2.31. The summed E-state index contributed by atoms with van der Waals surface area (Å²) in [7, 11) is 0. The third-order valence-corrected chi connectivity index (χ3v) is 4.26. The largest absolute Gasteiger partial charge is 0.356 e. The second-order valence-corrected chi connectivity index (χ2v) is 6.16. The highest BCUT2D eigenvalue weighted by Gasteiger charge is 2.47. The van der Waals surface area contributed by atoms with Crippen LogP contribution >= 0.6 is 0 Å². The van der Waals surface area contributed by atoms with E-state index >= 15 is 0 Å². The first-order chi connectivity index (χ1) is 12.1. The first kappa shape index (κ1) is 17.1. The summed E-state index contributed by atoms with van der Waals surface area (Å²) in [6.45, 7) is 0.846. The van der Waals surface area contributed by atoms with Crippen LogP contribution in [-0.4, -0.2) is 23.3 Å². The molecule has 1 aliphatic carbocycles. The van der Waals surface area contributed by atoms with Crippen molar-refractivity contribution in [3.05, 3.63) is 65.7 Å². The van der Waals surface area contributed by atoms with E-state index in [1.54, 1.807) is 18.3 Å². The van der Waals surface area contributed by atoms with Crippen LogP contribution in [0.3, 0.4) is 0 Å². The number of rotatable bonds is 7. The molecule has 1 heterocycles. The van der Waals surface area contributed by atoms with Gasteiger partial charge in [0.1, 0.15) is 5.82 Å². The Morgan fingerprint density at radius 1 is 1.04 bits per heavy atom. The lowest BCUT2D eigenvalue weighted by atomic mass is 10.1. The van der Waals surface area contributed by atoms with Gasteiger partial charge in [0.05, 0.1) is 24.1 Å². The van der Waals surface area contributed by atoms with Crippen LogP contribution in [0.4, 0.5) is 4.39 Å². The molecule has 25 heavy (non-hydrogen) atoms. The van der Waals surface area contributed by atoms with Crippen LogP contribution in [0, 0.1) is 17.7 Å². The first-order valence-electron chi connectivity index (χ1n) is 8.33. The van der Waals surface area contributed by atoms with Crippen molar-refractivity contribution in [3.8, 4) is 0 Å². The van der Waals surface area contributed by atoms with Gasteiger partial charge in [0, 0.05) is 12.7 Å². The number of halogens is 1. The van der Waals surface area contributed by atoms with Gasteiger partial charge in [0.2, 0.25) is 11.8 Å². The van der Waals surface area contributed by atoms with Gasteiger partial charge in [-0.2, -0.15) is 0 Å². The number of amides is 2. The average molecular weight is 341 g/mol. The number of nitrogens with one attached hydrogen (secondary N) is 2. The lowest BCUT2D eigenvalue weighted by Gasteiger charge is -2.06. The maximum Gasteiger partial charge on any atom is 0.224 e. The Morgan fingerprint density at radius 2 is 1.76 bits per heavy atom. The molecular formula is C19H20FN3O2. The highest BCUT2D eigenvalue weighted by Crippen LogP contribution is 2.38. The number of carbonyl (C=O) groups is 2. The van der Waals surface area contributed by atoms with Crippen LogP contribution < -0.4 is 10.6 Å². The van der Waals surface area contributed by atoms with Crippen molar-refractivity contribution in [1.82, 2.24) is 15.6 Å². The summed E-state index contributed by atoms with van der Waals surface area (Å²) in [6.07, 6.45) is 2.89. The van der Waals surface area contributed by atoms with Crippen LogP contribution in [0.2, 0.25) is 0 Å². The monoisotopic (exact) mass is 341 g/mol. The Labute approximate surface area is 145 Å². The van der Waals surface area contributed by atoms with Crippen molar-refractivity contribution in [2.75, 3.05) is 6.54 Å². The van der Waals surface area contributed by atoms with Crippen LogP contribution in [0.15, 0.2) is 48.7 Å². The van der Waals surface area contributed by atoms with Crippen LogP contribution in [0.1, 0.15) is 17.7 Å². The molecule has 2 N–H and O–H groups in total. The average Bonchev–Trinajstić information content (AvgIpc) is 3.43. The van der Waals surface area contributed by atoms with Crippen LogP contribution in [0.5, 0.6) is 0 Å². The molecule has 2 amide bonds. The van der Waals surface area contributed by atoms with Gasteiger partial charge in [-0.05, 0) is 42.7 Å². The van der Waals surface area contributed by atoms with Crippen molar-refractivity contribution in [2.45, 2.75) is 19.4 Å². The van der Waals surface area contributed by atoms with E-state index in [9.17, 15) is 14.0 Å². The molecule has 1 saturated carbocycles. The van der Waals surface area contributed by atoms with Gasteiger partial charge in [-0.15, -0.1) is 0 Å². The number of aromatic nitrogens is 1. The molecule has 6 heteroatoms. The number of pyridine rings is 1. The molecule has 0 spiro atoms. The second-order valence-electron chi connectivity index (χ2n) is 6.16. The van der Waals surface area contributed by atoms with Crippen molar-refractivity contribution >= 4 is 11.8 Å². The maximum absolute atomic E-state index is 12.8. The zero-order valence-corrected chi connectivity index (χ0v) is 13.7. The molecule has 0 bridgehead atoms. The molecule has 130 valence electrons. The van der Waals surface area contributed by atoms with Crippen molar-refractivity contribution in [2.24, 2.45) is 11.8 Å². The highest BCUT2D eigenvalue weighted by molar-refractivity contribution is 5.92. The number of carbonyl (C=O) groups excluding carboxylic acids is 2. The fourth-order valence-electron chi connectivity index (χ4n) is 2.70. The Balaban J connectivity index is 1.36. The third kappa shape index (κ3) is 4.86. The molecule has 2 unspecified atom stereocenters. The molecule has 0 saturated heterocycles. The van der Waals surface area contributed by atoms with Gasteiger partial charge in [-0.3, -0.25) is 14.6 Å². The van der Waals surface area contributed by atoms with E-state index in [4.69, 9.17) is 0 Å². The molecular weight excluding hydrogens is 321 g/mol. The predicted octanol–water partition coefficient (Wildman–Crippen LogP) is 1.83. The van der Waals surface area contributed by atoms with E-state index < -0.39 is 0 Å². The molecule has 5 nitrogen and oxygen atoms in total. The second kappa shape index (κ2) is 7.88. The van der Waals surface area contributed by atoms with Crippen LogP contribution in [-0.2, 0) is 22.6 Å². The Bertz CT molecular complexity index is 734. The van der Waals surface area contributed by atoms with Gasteiger partial charge >= 0.3 is 0 Å². The molecule has 0 aliphatic heterocycles. The van der Waals surface area contributed by atoms with Crippen molar-refractivity contribution in [1.29, 1.82) is 0 Å². The molecule has 1 aliphatic rings. The van der Waals surface area contributed by atoms with E-state index in [1.807, 2.05) is 18.2 Å². The fourth-order valence-corrected chi connectivity index (χ4v) is 2.70. The quantitative estimate of drug-likeness (QED) is 0.807. The molecule has 0 radical (unpaired) electrons. The van der Waals surface area contributed by atoms with E-state index in [0.29, 0.717) is 25.9 Å². The van der Waals surface area contributed by atoms with Gasteiger partial charge in [0.25, 0.3) is 0 Å². The van der Waals surface area contributed by atoms with Gasteiger partial charge in [0.15, 0.2) is 0 Å². The summed E-state index contributed by atoms with van der Waals surface area (Å²) in [5.74, 6) is -0.985. The van der Waals surface area contributed by atoms with Gasteiger partial charge < -0.3 is 10.6 Å². The summed E-state index contributed by atoms with van der Waals surface area (Å²) < 4.78 is 12.8. The molecule has 2 atom stereocenters. The van der Waals surface area contributed by atoms with Crippen LogP contribution in [0.25, 0.3) is 0 Å². The summed E-state index contributed by atoms with van der Waals surface area (Å²) >= 11 is 0. The zero-order chi connectivity index (χ0) is 17.6. The first-order valence-corrected chi connectivity index (χ1v) is 8.33. The molecule has 2 aromatic rings. The summed E-state index contributed by atoms with van der Waals surface area (Å²) in [4.78, 5) is 28.3. The van der Waals surface area contributed by atoms with Gasteiger partial charge in [-0.1, -0.05) is 18.2 Å². The minimum atomic E-state index is -0.273. The summed E-state index contributed by atoms with van der Waals surface area (Å²) in [5, 5.41) is 5.66. The Morgan fingerprint density at radius 3 is 2.44 bits per heavy atom. The fraction of sp³-hybridized carbons (Fsp3) is 0.316. The van der Waals surface area contributed by atoms with Gasteiger partial charge in [-0.25, -0.2) is 4.39 Å². The Hall–Kier alpha value is -2.76. The van der Waals surface area contributed by atoms with E-state index in [-0.39, 0.29) is 29.5 Å².